The number of rotatable bonds is 12. The normalized spacial score (nSPS) is 13.8. The van der Waals surface area contributed by atoms with Crippen molar-refractivity contribution in [1.29, 1.82) is 0 Å². The highest BCUT2D eigenvalue weighted by atomic mass is 16.5. The van der Waals surface area contributed by atoms with E-state index in [-0.39, 0.29) is 5.91 Å². The second-order valence-corrected chi connectivity index (χ2v) is 7.47. The van der Waals surface area contributed by atoms with E-state index in [1.807, 2.05) is 54.3 Å². The number of ether oxygens (including phenoxy) is 2. The minimum Gasteiger partial charge on any atom is -0.490 e. The highest BCUT2D eigenvalue weighted by Gasteiger charge is 2.18. The van der Waals surface area contributed by atoms with Crippen molar-refractivity contribution in [2.75, 3.05) is 39.4 Å². The Morgan fingerprint density at radius 2 is 1.97 bits per heavy atom. The minimum absolute atomic E-state index is 0.272. The average Bonchev–Trinajstić information content (AvgIpc) is 3.24. The first-order chi connectivity index (χ1) is 15.7. The smallest absolute Gasteiger partial charge is 0.222 e. The lowest BCUT2D eigenvalue weighted by molar-refractivity contribution is -0.127. The number of aromatic nitrogens is 1. The summed E-state index contributed by atoms with van der Waals surface area (Å²) in [6.45, 7) is 6.68. The van der Waals surface area contributed by atoms with Crippen LogP contribution in [-0.2, 0) is 11.3 Å². The molecule has 0 aliphatic carbocycles. The molecule has 2 N–H and O–H groups in total. The van der Waals surface area contributed by atoms with Crippen LogP contribution in [0.4, 0.5) is 0 Å². The molecular formula is C24H33N5O3. The lowest BCUT2D eigenvalue weighted by Crippen LogP contribution is -2.39. The van der Waals surface area contributed by atoms with Crippen molar-refractivity contribution >= 4 is 11.9 Å². The number of nitrogens with zero attached hydrogens (tertiary/aromatic N) is 3. The van der Waals surface area contributed by atoms with Gasteiger partial charge < -0.3 is 25.0 Å². The average molecular weight is 440 g/mol. The highest BCUT2D eigenvalue weighted by molar-refractivity contribution is 5.79. The molecule has 1 aliphatic rings. The van der Waals surface area contributed by atoms with Gasteiger partial charge in [-0.1, -0.05) is 24.3 Å². The summed E-state index contributed by atoms with van der Waals surface area (Å²) < 4.78 is 11.2. The van der Waals surface area contributed by atoms with Gasteiger partial charge in [0.05, 0.1) is 6.54 Å². The number of pyridine rings is 1. The Hall–Kier alpha value is -3.29. The topological polar surface area (TPSA) is 88.1 Å². The first-order valence-electron chi connectivity index (χ1n) is 11.3. The van der Waals surface area contributed by atoms with Crippen molar-refractivity contribution < 1.29 is 14.3 Å². The van der Waals surface area contributed by atoms with E-state index in [0.717, 1.165) is 56.3 Å². The van der Waals surface area contributed by atoms with E-state index in [1.54, 1.807) is 6.20 Å². The first kappa shape index (κ1) is 23.4. The van der Waals surface area contributed by atoms with Gasteiger partial charge in [0.15, 0.2) is 5.96 Å². The summed E-state index contributed by atoms with van der Waals surface area (Å²) in [6, 6.07) is 13.5. The van der Waals surface area contributed by atoms with Crippen LogP contribution in [-0.4, -0.2) is 61.1 Å². The fourth-order valence-electron chi connectivity index (χ4n) is 3.34. The van der Waals surface area contributed by atoms with Crippen molar-refractivity contribution in [3.05, 3.63) is 54.2 Å². The molecule has 0 radical (unpaired) electrons. The summed E-state index contributed by atoms with van der Waals surface area (Å²) in [5, 5.41) is 6.58. The molecular weight excluding hydrogens is 406 g/mol. The predicted octanol–water partition coefficient (Wildman–Crippen LogP) is 2.61. The SMILES string of the molecule is CCNC(=NCc1ccc(OCCOc2ccccc2)nc1)NCCCN1CCCC1=O. The molecule has 1 aliphatic heterocycles. The van der Waals surface area contributed by atoms with Crippen LogP contribution in [0.1, 0.15) is 31.7 Å². The third-order valence-corrected chi connectivity index (χ3v) is 4.98. The summed E-state index contributed by atoms with van der Waals surface area (Å²) in [7, 11) is 0. The Morgan fingerprint density at radius 3 is 2.69 bits per heavy atom. The number of guanidine groups is 1. The molecule has 0 unspecified atom stereocenters. The molecule has 32 heavy (non-hydrogen) atoms. The van der Waals surface area contributed by atoms with Crippen molar-refractivity contribution in [3.8, 4) is 11.6 Å². The van der Waals surface area contributed by atoms with Crippen LogP contribution in [0, 0.1) is 0 Å². The van der Waals surface area contributed by atoms with Crippen LogP contribution in [0.25, 0.3) is 0 Å². The second-order valence-electron chi connectivity index (χ2n) is 7.47. The molecule has 2 aromatic rings. The zero-order chi connectivity index (χ0) is 22.4. The molecule has 1 fully saturated rings. The van der Waals surface area contributed by atoms with E-state index in [4.69, 9.17) is 9.47 Å². The lowest BCUT2D eigenvalue weighted by atomic mass is 10.3. The second kappa shape index (κ2) is 13.2. The van der Waals surface area contributed by atoms with Crippen molar-refractivity contribution in [3.63, 3.8) is 0 Å². The molecule has 0 atom stereocenters. The highest BCUT2D eigenvalue weighted by Crippen LogP contribution is 2.11. The van der Waals surface area contributed by atoms with Gasteiger partial charge in [0, 0.05) is 44.9 Å². The molecule has 0 saturated carbocycles. The number of amides is 1. The maximum Gasteiger partial charge on any atom is 0.222 e. The molecule has 1 saturated heterocycles. The standard InChI is InChI=1S/C24H33N5O3/c1-2-25-24(26-13-7-15-29-14-6-10-23(29)30)28-19-20-11-12-22(27-18-20)32-17-16-31-21-8-4-3-5-9-21/h3-5,8-9,11-12,18H,2,6-7,10,13-17,19H2,1H3,(H2,25,26,28). The molecule has 1 aromatic carbocycles. The molecule has 8 nitrogen and oxygen atoms in total. The van der Waals surface area contributed by atoms with Crippen LogP contribution in [0.15, 0.2) is 53.7 Å². The van der Waals surface area contributed by atoms with Crippen LogP contribution < -0.4 is 20.1 Å². The third-order valence-electron chi connectivity index (χ3n) is 4.98. The molecule has 0 bridgehead atoms. The summed E-state index contributed by atoms with van der Waals surface area (Å²) in [5.41, 5.74) is 0.998. The van der Waals surface area contributed by atoms with E-state index in [2.05, 4.69) is 20.6 Å². The molecule has 1 amide bonds. The zero-order valence-electron chi connectivity index (χ0n) is 18.8. The predicted molar refractivity (Wildman–Crippen MR) is 125 cm³/mol. The Kier molecular flexibility index (Phi) is 9.64. The number of aliphatic imine (C=N–C) groups is 1. The number of hydrogen-bond acceptors (Lipinski definition) is 5. The summed E-state index contributed by atoms with van der Waals surface area (Å²) >= 11 is 0. The molecule has 8 heteroatoms. The van der Waals surface area contributed by atoms with Gasteiger partial charge >= 0.3 is 0 Å². The van der Waals surface area contributed by atoms with Crippen LogP contribution in [0.3, 0.4) is 0 Å². The Balaban J connectivity index is 1.36. The van der Waals surface area contributed by atoms with E-state index in [9.17, 15) is 4.79 Å². The number of carbonyl (C=O) groups excluding carboxylic acids is 1. The Labute approximate surface area is 190 Å². The Bertz CT molecular complexity index is 842. The number of carbonyl (C=O) groups is 1. The number of hydrogen-bond donors (Lipinski definition) is 2. The molecule has 3 rings (SSSR count). The summed E-state index contributed by atoms with van der Waals surface area (Å²) in [5.74, 6) is 2.43. The van der Waals surface area contributed by atoms with E-state index in [0.29, 0.717) is 32.1 Å². The molecule has 0 spiro atoms. The number of benzene rings is 1. The molecule has 172 valence electrons. The van der Waals surface area contributed by atoms with Gasteiger partial charge in [-0.15, -0.1) is 0 Å². The van der Waals surface area contributed by atoms with Gasteiger partial charge in [-0.2, -0.15) is 0 Å². The first-order valence-corrected chi connectivity index (χ1v) is 11.3. The number of likely N-dealkylation sites (tertiary alicyclic amines) is 1. The van der Waals surface area contributed by atoms with Gasteiger partial charge in [-0.3, -0.25) is 4.79 Å². The van der Waals surface area contributed by atoms with Crippen molar-refractivity contribution in [1.82, 2.24) is 20.5 Å². The Morgan fingerprint density at radius 1 is 1.12 bits per heavy atom. The van der Waals surface area contributed by atoms with Crippen LogP contribution in [0.2, 0.25) is 0 Å². The monoisotopic (exact) mass is 439 g/mol. The minimum atomic E-state index is 0.272. The number of nitrogens with one attached hydrogen (secondary N) is 2. The summed E-state index contributed by atoms with van der Waals surface area (Å²) in [6.07, 6.45) is 4.35. The number of para-hydroxylation sites is 1. The van der Waals surface area contributed by atoms with Gasteiger partial charge in [0.1, 0.15) is 19.0 Å². The van der Waals surface area contributed by atoms with Crippen LogP contribution in [0.5, 0.6) is 11.6 Å². The van der Waals surface area contributed by atoms with Gasteiger partial charge in [0.2, 0.25) is 11.8 Å². The quantitative estimate of drug-likeness (QED) is 0.300. The fraction of sp³-hybridized carbons (Fsp3) is 0.458. The maximum absolute atomic E-state index is 11.7. The summed E-state index contributed by atoms with van der Waals surface area (Å²) in [4.78, 5) is 22.6. The molecule has 1 aromatic heterocycles. The maximum atomic E-state index is 11.7. The van der Waals surface area contributed by atoms with Crippen molar-refractivity contribution in [2.24, 2.45) is 4.99 Å². The van der Waals surface area contributed by atoms with Gasteiger partial charge in [-0.05, 0) is 37.5 Å². The van der Waals surface area contributed by atoms with E-state index < -0.39 is 0 Å². The van der Waals surface area contributed by atoms with Crippen molar-refractivity contribution in [2.45, 2.75) is 32.7 Å². The molecule has 2 heterocycles. The van der Waals surface area contributed by atoms with E-state index >= 15 is 0 Å². The zero-order valence-corrected chi connectivity index (χ0v) is 18.8. The van der Waals surface area contributed by atoms with Gasteiger partial charge in [-0.25, -0.2) is 9.98 Å². The third kappa shape index (κ3) is 8.09. The largest absolute Gasteiger partial charge is 0.490 e. The van der Waals surface area contributed by atoms with E-state index in [1.165, 1.54) is 0 Å². The van der Waals surface area contributed by atoms with Crippen LogP contribution >= 0.6 is 0 Å². The fourth-order valence-corrected chi connectivity index (χ4v) is 3.34. The lowest BCUT2D eigenvalue weighted by Gasteiger charge is -2.16. The van der Waals surface area contributed by atoms with Gasteiger partial charge in [0.25, 0.3) is 0 Å².